The minimum absolute atomic E-state index is 0. The van der Waals surface area contributed by atoms with E-state index in [1.54, 1.807) is 12.1 Å². The summed E-state index contributed by atoms with van der Waals surface area (Å²) in [6.45, 7) is 7.37. The molecule has 0 unspecified atom stereocenters. The first kappa shape index (κ1) is 23.4. The predicted molar refractivity (Wildman–Crippen MR) is 106 cm³/mol. The van der Waals surface area contributed by atoms with E-state index in [1.807, 2.05) is 13.0 Å². The van der Waals surface area contributed by atoms with Gasteiger partial charge in [-0.15, -0.1) is 12.4 Å². The van der Waals surface area contributed by atoms with E-state index in [4.69, 9.17) is 5.73 Å². The van der Waals surface area contributed by atoms with Crippen LogP contribution in [0, 0.1) is 12.8 Å². The zero-order valence-corrected chi connectivity index (χ0v) is 16.4. The number of rotatable bonds is 10. The summed E-state index contributed by atoms with van der Waals surface area (Å²) in [5, 5.41) is 5.82. The Kier molecular flexibility index (Phi) is 11.9. The monoisotopic (exact) mass is 369 g/mol. The number of benzene rings is 1. The van der Waals surface area contributed by atoms with Crippen LogP contribution < -0.4 is 16.4 Å². The molecule has 0 aliphatic rings. The van der Waals surface area contributed by atoms with Crippen molar-refractivity contribution in [2.75, 3.05) is 18.4 Å². The molecule has 0 bridgehead atoms. The van der Waals surface area contributed by atoms with Crippen LogP contribution in [-0.4, -0.2) is 24.9 Å². The molecule has 1 aromatic carbocycles. The lowest BCUT2D eigenvalue weighted by atomic mass is 10.1. The van der Waals surface area contributed by atoms with Gasteiger partial charge in [-0.1, -0.05) is 26.7 Å². The molecule has 25 heavy (non-hydrogen) atoms. The Morgan fingerprint density at radius 3 is 2.40 bits per heavy atom. The quantitative estimate of drug-likeness (QED) is 0.550. The lowest BCUT2D eigenvalue weighted by molar-refractivity contribution is -0.116. The van der Waals surface area contributed by atoms with Crippen molar-refractivity contribution >= 4 is 29.9 Å². The SMILES string of the molecule is Cc1cc(C(=O)NCC(C)C)ccc1NC(=O)CCCCCCN.Cl. The van der Waals surface area contributed by atoms with Crippen LogP contribution >= 0.6 is 12.4 Å². The molecule has 0 heterocycles. The molecule has 0 atom stereocenters. The molecule has 1 rings (SSSR count). The minimum Gasteiger partial charge on any atom is -0.352 e. The fourth-order valence-corrected chi connectivity index (χ4v) is 2.34. The average molecular weight is 370 g/mol. The molecular weight excluding hydrogens is 338 g/mol. The summed E-state index contributed by atoms with van der Waals surface area (Å²) < 4.78 is 0. The number of hydrogen-bond acceptors (Lipinski definition) is 3. The van der Waals surface area contributed by atoms with Crippen LogP contribution in [0.25, 0.3) is 0 Å². The van der Waals surface area contributed by atoms with Crippen molar-refractivity contribution in [3.05, 3.63) is 29.3 Å². The highest BCUT2D eigenvalue weighted by atomic mass is 35.5. The number of anilines is 1. The van der Waals surface area contributed by atoms with Crippen LogP contribution in [0.5, 0.6) is 0 Å². The van der Waals surface area contributed by atoms with E-state index in [0.29, 0.717) is 31.0 Å². The van der Waals surface area contributed by atoms with Gasteiger partial charge < -0.3 is 16.4 Å². The van der Waals surface area contributed by atoms with E-state index in [0.717, 1.165) is 36.9 Å². The van der Waals surface area contributed by atoms with Gasteiger partial charge in [-0.25, -0.2) is 0 Å². The van der Waals surface area contributed by atoms with Crippen LogP contribution in [0.2, 0.25) is 0 Å². The Morgan fingerprint density at radius 1 is 1.12 bits per heavy atom. The first-order chi connectivity index (χ1) is 11.4. The fourth-order valence-electron chi connectivity index (χ4n) is 2.34. The van der Waals surface area contributed by atoms with Crippen LogP contribution in [0.4, 0.5) is 5.69 Å². The molecular formula is C19H32ClN3O2. The van der Waals surface area contributed by atoms with Gasteiger partial charge in [-0.05, 0) is 56.0 Å². The zero-order valence-electron chi connectivity index (χ0n) is 15.6. The van der Waals surface area contributed by atoms with Gasteiger partial charge in [0.25, 0.3) is 5.91 Å². The molecule has 2 amide bonds. The maximum absolute atomic E-state index is 12.1. The van der Waals surface area contributed by atoms with Gasteiger partial charge in [-0.3, -0.25) is 9.59 Å². The molecule has 4 N–H and O–H groups in total. The Hall–Kier alpha value is -1.59. The molecule has 0 aliphatic carbocycles. The number of nitrogens with one attached hydrogen (secondary N) is 2. The first-order valence-corrected chi connectivity index (χ1v) is 8.82. The third-order valence-electron chi connectivity index (χ3n) is 3.79. The fraction of sp³-hybridized carbons (Fsp3) is 0.579. The Bertz CT molecular complexity index is 547. The normalized spacial score (nSPS) is 10.3. The number of carbonyl (C=O) groups is 2. The summed E-state index contributed by atoms with van der Waals surface area (Å²) in [6.07, 6.45) is 4.50. The lowest BCUT2D eigenvalue weighted by Crippen LogP contribution is -2.27. The van der Waals surface area contributed by atoms with E-state index in [-0.39, 0.29) is 24.2 Å². The third-order valence-corrected chi connectivity index (χ3v) is 3.79. The van der Waals surface area contributed by atoms with Crippen molar-refractivity contribution in [1.29, 1.82) is 0 Å². The summed E-state index contributed by atoms with van der Waals surface area (Å²) in [5.74, 6) is 0.353. The summed E-state index contributed by atoms with van der Waals surface area (Å²) in [4.78, 5) is 24.0. The van der Waals surface area contributed by atoms with Gasteiger partial charge in [0.05, 0.1) is 0 Å². The predicted octanol–water partition coefficient (Wildman–Crippen LogP) is 3.65. The second kappa shape index (κ2) is 12.7. The van der Waals surface area contributed by atoms with Crippen molar-refractivity contribution in [3.8, 4) is 0 Å². The first-order valence-electron chi connectivity index (χ1n) is 8.82. The zero-order chi connectivity index (χ0) is 17.9. The lowest BCUT2D eigenvalue weighted by Gasteiger charge is -2.11. The molecule has 0 spiro atoms. The number of aryl methyl sites for hydroxylation is 1. The topological polar surface area (TPSA) is 84.2 Å². The second-order valence-corrected chi connectivity index (χ2v) is 6.63. The van der Waals surface area contributed by atoms with Crippen LogP contribution in [0.1, 0.15) is 61.9 Å². The molecule has 0 fully saturated rings. The summed E-state index contributed by atoms with van der Waals surface area (Å²) >= 11 is 0. The van der Waals surface area contributed by atoms with Crippen molar-refractivity contribution in [2.45, 2.75) is 52.9 Å². The number of halogens is 1. The van der Waals surface area contributed by atoms with Crippen molar-refractivity contribution in [3.63, 3.8) is 0 Å². The Balaban J connectivity index is 0.00000576. The summed E-state index contributed by atoms with van der Waals surface area (Å²) in [6, 6.07) is 5.36. The number of carbonyl (C=O) groups excluding carboxylic acids is 2. The van der Waals surface area contributed by atoms with Crippen LogP contribution in [0.3, 0.4) is 0 Å². The molecule has 0 aromatic heterocycles. The smallest absolute Gasteiger partial charge is 0.251 e. The molecule has 0 saturated heterocycles. The molecule has 1 aromatic rings. The molecule has 142 valence electrons. The number of hydrogen-bond donors (Lipinski definition) is 3. The molecule has 0 saturated carbocycles. The largest absolute Gasteiger partial charge is 0.352 e. The van der Waals surface area contributed by atoms with Gasteiger partial charge in [0.2, 0.25) is 5.91 Å². The minimum atomic E-state index is -0.0791. The van der Waals surface area contributed by atoms with Gasteiger partial charge in [0.15, 0.2) is 0 Å². The van der Waals surface area contributed by atoms with Gasteiger partial charge in [0.1, 0.15) is 0 Å². The molecule has 5 nitrogen and oxygen atoms in total. The number of nitrogens with two attached hydrogens (primary N) is 1. The van der Waals surface area contributed by atoms with Crippen LogP contribution in [-0.2, 0) is 4.79 Å². The molecule has 6 heteroatoms. The highest BCUT2D eigenvalue weighted by Crippen LogP contribution is 2.17. The Labute approximate surface area is 157 Å². The van der Waals surface area contributed by atoms with E-state index < -0.39 is 0 Å². The second-order valence-electron chi connectivity index (χ2n) is 6.63. The highest BCUT2D eigenvalue weighted by Gasteiger charge is 2.10. The van der Waals surface area contributed by atoms with Gasteiger partial charge in [-0.2, -0.15) is 0 Å². The maximum atomic E-state index is 12.1. The van der Waals surface area contributed by atoms with E-state index in [1.165, 1.54) is 0 Å². The van der Waals surface area contributed by atoms with Crippen molar-refractivity contribution < 1.29 is 9.59 Å². The van der Waals surface area contributed by atoms with E-state index in [2.05, 4.69) is 24.5 Å². The van der Waals surface area contributed by atoms with Gasteiger partial charge in [0, 0.05) is 24.2 Å². The van der Waals surface area contributed by atoms with Crippen LogP contribution in [0.15, 0.2) is 18.2 Å². The number of unbranched alkanes of at least 4 members (excludes halogenated alkanes) is 3. The van der Waals surface area contributed by atoms with E-state index >= 15 is 0 Å². The standard InChI is InChI=1S/C19H31N3O2.ClH/c1-14(2)13-21-19(24)16-9-10-17(15(3)12-16)22-18(23)8-6-4-5-7-11-20;/h9-10,12,14H,4-8,11,13,20H2,1-3H3,(H,21,24)(H,22,23);1H. The summed E-state index contributed by atoms with van der Waals surface area (Å²) in [5.41, 5.74) is 7.73. The Morgan fingerprint density at radius 2 is 1.80 bits per heavy atom. The highest BCUT2D eigenvalue weighted by molar-refractivity contribution is 5.96. The number of amides is 2. The van der Waals surface area contributed by atoms with Crippen molar-refractivity contribution in [2.24, 2.45) is 11.7 Å². The average Bonchev–Trinajstić information content (AvgIpc) is 2.54. The maximum Gasteiger partial charge on any atom is 0.251 e. The molecule has 0 aliphatic heterocycles. The molecule has 0 radical (unpaired) electrons. The van der Waals surface area contributed by atoms with Gasteiger partial charge >= 0.3 is 0 Å². The third kappa shape index (κ3) is 9.46. The van der Waals surface area contributed by atoms with E-state index in [9.17, 15) is 9.59 Å². The summed E-state index contributed by atoms with van der Waals surface area (Å²) in [7, 11) is 0. The van der Waals surface area contributed by atoms with Crippen molar-refractivity contribution in [1.82, 2.24) is 5.32 Å².